The fourth-order valence-corrected chi connectivity index (χ4v) is 11.2. The largest absolute Gasteiger partial charge is 0.310 e. The minimum atomic E-state index is -0.493. The van der Waals surface area contributed by atoms with E-state index in [1.54, 1.807) is 0 Å². The Morgan fingerprint density at radius 2 is 0.723 bits per heavy atom. The van der Waals surface area contributed by atoms with Gasteiger partial charge in [0, 0.05) is 22.5 Å². The number of anilines is 3. The van der Waals surface area contributed by atoms with Crippen LogP contribution >= 0.6 is 0 Å². The van der Waals surface area contributed by atoms with E-state index in [9.17, 15) is 0 Å². The van der Waals surface area contributed by atoms with E-state index in [1.807, 2.05) is 0 Å². The fraction of sp³-hybridized carbons (Fsp3) is 0.0625. The molecule has 1 nitrogen and oxygen atoms in total. The molecule has 0 unspecified atom stereocenters. The summed E-state index contributed by atoms with van der Waals surface area (Å²) in [6.07, 6.45) is 0. The molecule has 0 saturated heterocycles. The van der Waals surface area contributed by atoms with Crippen molar-refractivity contribution in [2.24, 2.45) is 0 Å². The molecule has 0 fully saturated rings. The van der Waals surface area contributed by atoms with Crippen molar-refractivity contribution in [3.05, 3.63) is 282 Å². The number of nitrogens with zero attached hydrogens (tertiary/aromatic N) is 1. The second-order valence-electron chi connectivity index (χ2n) is 18.0. The van der Waals surface area contributed by atoms with Crippen molar-refractivity contribution in [1.82, 2.24) is 0 Å². The first-order valence-electron chi connectivity index (χ1n) is 22.8. The molecule has 0 radical (unpaired) electrons. The van der Waals surface area contributed by atoms with Gasteiger partial charge in [0.15, 0.2) is 0 Å². The lowest BCUT2D eigenvalue weighted by atomic mass is 9.67. The number of fused-ring (bicyclic) bond motifs is 6. The summed E-state index contributed by atoms with van der Waals surface area (Å²) in [7, 11) is 0. The summed E-state index contributed by atoms with van der Waals surface area (Å²) in [6, 6.07) is 91.8. The molecular weight excluding hydrogens is 783 g/mol. The van der Waals surface area contributed by atoms with E-state index in [1.165, 1.54) is 89.0 Å². The molecule has 0 bridgehead atoms. The highest BCUT2D eigenvalue weighted by Crippen LogP contribution is 2.57. The van der Waals surface area contributed by atoms with Crippen molar-refractivity contribution in [1.29, 1.82) is 0 Å². The average Bonchev–Trinajstić information content (AvgIpc) is 3.80. The smallest absolute Gasteiger partial charge is 0.0714 e. The van der Waals surface area contributed by atoms with Crippen LogP contribution < -0.4 is 4.90 Å². The van der Waals surface area contributed by atoms with Gasteiger partial charge in [-0.25, -0.2) is 0 Å². The first-order valence-corrected chi connectivity index (χ1v) is 22.8. The van der Waals surface area contributed by atoms with Crippen LogP contribution in [0.2, 0.25) is 0 Å². The molecule has 0 heterocycles. The first-order chi connectivity index (χ1) is 32.0. The van der Waals surface area contributed by atoms with Gasteiger partial charge in [-0.2, -0.15) is 0 Å². The predicted octanol–water partition coefficient (Wildman–Crippen LogP) is 16.8. The van der Waals surface area contributed by atoms with Gasteiger partial charge in [-0.3, -0.25) is 0 Å². The van der Waals surface area contributed by atoms with Crippen LogP contribution in [-0.2, 0) is 10.8 Å². The van der Waals surface area contributed by atoms with Crippen molar-refractivity contribution in [2.45, 2.75) is 24.7 Å². The summed E-state index contributed by atoms with van der Waals surface area (Å²) in [5.41, 5.74) is 23.1. The van der Waals surface area contributed by atoms with Gasteiger partial charge in [0.1, 0.15) is 0 Å². The number of benzene rings is 10. The Kier molecular flexibility index (Phi) is 9.14. The SMILES string of the molecule is CC1(C)c2cc(-c3ccc(N(c4ccccc4)c4cccc(C5(c6ccccc6)c6ccccc6-c6ccccc65)c4)cc3)c(-c3ccccc3)cc2-c2c(-c3ccccc3)cccc21. The molecule has 1 heteroatoms. The highest BCUT2D eigenvalue weighted by molar-refractivity contribution is 5.98. The van der Waals surface area contributed by atoms with Gasteiger partial charge in [-0.05, 0) is 138 Å². The molecule has 0 atom stereocenters. The first kappa shape index (κ1) is 38.7. The summed E-state index contributed by atoms with van der Waals surface area (Å²) < 4.78 is 0. The zero-order chi connectivity index (χ0) is 43.5. The maximum absolute atomic E-state index is 2.49. The van der Waals surface area contributed by atoms with E-state index >= 15 is 0 Å². The monoisotopic (exact) mass is 829 g/mol. The van der Waals surface area contributed by atoms with Crippen LogP contribution in [0.25, 0.3) is 55.6 Å². The van der Waals surface area contributed by atoms with Crippen molar-refractivity contribution in [3.63, 3.8) is 0 Å². The van der Waals surface area contributed by atoms with Crippen molar-refractivity contribution < 1.29 is 0 Å². The number of para-hydroxylation sites is 1. The minimum absolute atomic E-state index is 0.175. The number of hydrogen-bond acceptors (Lipinski definition) is 1. The van der Waals surface area contributed by atoms with Gasteiger partial charge >= 0.3 is 0 Å². The Hall–Kier alpha value is -8.00. The highest BCUT2D eigenvalue weighted by atomic mass is 15.1. The molecule has 10 aromatic carbocycles. The highest BCUT2D eigenvalue weighted by Gasteiger charge is 2.46. The zero-order valence-electron chi connectivity index (χ0n) is 36.6. The van der Waals surface area contributed by atoms with Gasteiger partial charge in [-0.15, -0.1) is 0 Å². The Morgan fingerprint density at radius 1 is 0.277 bits per heavy atom. The van der Waals surface area contributed by atoms with Crippen LogP contribution in [0.15, 0.2) is 249 Å². The molecule has 2 aliphatic carbocycles. The molecule has 0 aliphatic heterocycles. The molecular formula is C64H47N. The molecule has 12 rings (SSSR count). The van der Waals surface area contributed by atoms with Crippen LogP contribution in [0.4, 0.5) is 17.1 Å². The molecule has 0 aromatic heterocycles. The van der Waals surface area contributed by atoms with E-state index in [-0.39, 0.29) is 5.41 Å². The van der Waals surface area contributed by atoms with Gasteiger partial charge < -0.3 is 4.90 Å². The summed E-state index contributed by atoms with van der Waals surface area (Å²) >= 11 is 0. The van der Waals surface area contributed by atoms with Gasteiger partial charge in [-0.1, -0.05) is 214 Å². The Morgan fingerprint density at radius 3 is 1.37 bits per heavy atom. The topological polar surface area (TPSA) is 3.24 Å². The van der Waals surface area contributed by atoms with Crippen LogP contribution in [0.1, 0.15) is 47.2 Å². The second kappa shape index (κ2) is 15.4. The lowest BCUT2D eigenvalue weighted by Crippen LogP contribution is -2.28. The summed E-state index contributed by atoms with van der Waals surface area (Å²) in [5.74, 6) is 0. The number of rotatable bonds is 8. The summed E-state index contributed by atoms with van der Waals surface area (Å²) in [5, 5.41) is 0. The lowest BCUT2D eigenvalue weighted by molar-refractivity contribution is 0.661. The lowest BCUT2D eigenvalue weighted by Gasteiger charge is -2.35. The van der Waals surface area contributed by atoms with E-state index in [0.717, 1.165) is 17.1 Å². The summed E-state index contributed by atoms with van der Waals surface area (Å²) in [6.45, 7) is 4.77. The zero-order valence-corrected chi connectivity index (χ0v) is 36.6. The Bertz CT molecular complexity index is 3320. The molecule has 10 aromatic rings. The third kappa shape index (κ3) is 6.07. The fourth-order valence-electron chi connectivity index (χ4n) is 11.2. The summed E-state index contributed by atoms with van der Waals surface area (Å²) in [4.78, 5) is 2.41. The van der Waals surface area contributed by atoms with Gasteiger partial charge in [0.2, 0.25) is 0 Å². The van der Waals surface area contributed by atoms with Crippen molar-refractivity contribution in [3.8, 4) is 55.6 Å². The van der Waals surface area contributed by atoms with Crippen LogP contribution in [0.3, 0.4) is 0 Å². The van der Waals surface area contributed by atoms with Crippen LogP contribution in [-0.4, -0.2) is 0 Å². The molecule has 0 amide bonds. The van der Waals surface area contributed by atoms with Crippen molar-refractivity contribution in [2.75, 3.05) is 4.90 Å². The molecule has 0 spiro atoms. The van der Waals surface area contributed by atoms with E-state index in [4.69, 9.17) is 0 Å². The van der Waals surface area contributed by atoms with Crippen LogP contribution in [0.5, 0.6) is 0 Å². The normalized spacial score (nSPS) is 13.6. The van der Waals surface area contributed by atoms with E-state index < -0.39 is 5.41 Å². The number of hydrogen-bond donors (Lipinski definition) is 0. The standard InChI is InChI=1S/C64H47N/c1-63(2)60-36-20-33-52(44-21-7-3-8-22-44)62(60)57-42-55(45-23-9-4-10-24-45)56(43-61(57)63)46-37-39-50(40-38-46)65(49-28-13-6-14-29-49)51-30-19-27-48(41-51)64(47-25-11-5-12-26-47)58-34-17-15-31-53(58)54-32-16-18-35-59(54)64/h3-43H,1-2H3. The third-order valence-corrected chi connectivity index (χ3v) is 14.2. The van der Waals surface area contributed by atoms with Gasteiger partial charge in [0.05, 0.1) is 5.41 Å². The molecule has 308 valence electrons. The second-order valence-corrected chi connectivity index (χ2v) is 18.0. The van der Waals surface area contributed by atoms with Crippen LogP contribution in [0, 0.1) is 0 Å². The van der Waals surface area contributed by atoms with Gasteiger partial charge in [0.25, 0.3) is 0 Å². The van der Waals surface area contributed by atoms with E-state index in [0.29, 0.717) is 0 Å². The third-order valence-electron chi connectivity index (χ3n) is 14.2. The molecule has 65 heavy (non-hydrogen) atoms. The predicted molar refractivity (Wildman–Crippen MR) is 272 cm³/mol. The van der Waals surface area contributed by atoms with E-state index in [2.05, 4.69) is 267 Å². The quantitative estimate of drug-likeness (QED) is 0.147. The molecule has 2 aliphatic rings. The maximum atomic E-state index is 2.49. The molecule has 0 saturated carbocycles. The Labute approximate surface area is 382 Å². The Balaban J connectivity index is 1.01. The maximum Gasteiger partial charge on any atom is 0.0714 e. The minimum Gasteiger partial charge on any atom is -0.310 e. The molecule has 0 N–H and O–H groups in total. The average molecular weight is 830 g/mol. The van der Waals surface area contributed by atoms with Crippen molar-refractivity contribution >= 4 is 17.1 Å².